The first kappa shape index (κ1) is 25.7. The molecule has 9 rings (SSSR count). The average Bonchev–Trinajstić information content (AvgIpc) is 3.57. The minimum Gasteiger partial charge on any atom is -0.342 e. The number of fused-ring (bicyclic) bond motifs is 2. The van der Waals surface area contributed by atoms with Gasteiger partial charge in [-0.1, -0.05) is 31.0 Å². The molecule has 1 N–H and O–H groups in total. The molecule has 2 saturated heterocycles. The van der Waals surface area contributed by atoms with Crippen LogP contribution in [-0.2, 0) is 20.8 Å². The molecule has 9 nitrogen and oxygen atoms in total. The second-order valence-electron chi connectivity index (χ2n) is 13.1. The van der Waals surface area contributed by atoms with E-state index in [-0.39, 0.29) is 29.7 Å². The van der Waals surface area contributed by atoms with Gasteiger partial charge in [-0.2, -0.15) is 5.10 Å². The van der Waals surface area contributed by atoms with E-state index >= 15 is 0 Å². The smallest absolute Gasteiger partial charge is 0.259 e. The zero-order chi connectivity index (χ0) is 28.6. The molecule has 3 aromatic rings. The van der Waals surface area contributed by atoms with E-state index in [1.54, 1.807) is 4.90 Å². The number of likely N-dealkylation sites (tertiary alicyclic amines) is 1. The maximum atomic E-state index is 13.4. The third kappa shape index (κ3) is 3.92. The van der Waals surface area contributed by atoms with Gasteiger partial charge in [0, 0.05) is 48.5 Å². The highest BCUT2D eigenvalue weighted by molar-refractivity contribution is 6.27. The highest BCUT2D eigenvalue weighted by atomic mass is 16.2. The second-order valence-corrected chi connectivity index (χ2v) is 13.1. The molecule has 1 unspecified atom stereocenters. The molecule has 216 valence electrons. The fourth-order valence-corrected chi connectivity index (χ4v) is 8.48. The van der Waals surface area contributed by atoms with Crippen molar-refractivity contribution in [3.05, 3.63) is 59.4 Å². The van der Waals surface area contributed by atoms with Crippen LogP contribution < -0.4 is 10.2 Å². The summed E-state index contributed by atoms with van der Waals surface area (Å²) in [5, 5.41) is 8.97. The van der Waals surface area contributed by atoms with Crippen LogP contribution >= 0.6 is 0 Å². The number of piperidine rings is 2. The lowest BCUT2D eigenvalue weighted by molar-refractivity contribution is -0.157. The minimum absolute atomic E-state index is 0.0439. The maximum absolute atomic E-state index is 13.4. The van der Waals surface area contributed by atoms with Crippen molar-refractivity contribution in [3.63, 3.8) is 0 Å². The molecule has 3 saturated carbocycles. The number of anilines is 1. The van der Waals surface area contributed by atoms with E-state index in [9.17, 15) is 19.2 Å². The highest BCUT2D eigenvalue weighted by Gasteiger charge is 2.53. The summed E-state index contributed by atoms with van der Waals surface area (Å²) in [7, 11) is 0. The first-order valence-electron chi connectivity index (χ1n) is 15.4. The molecule has 42 heavy (non-hydrogen) atoms. The second kappa shape index (κ2) is 9.51. The maximum Gasteiger partial charge on any atom is 0.259 e. The molecule has 6 aliphatic rings. The predicted octanol–water partition coefficient (Wildman–Crippen LogP) is 4.14. The van der Waals surface area contributed by atoms with Crippen molar-refractivity contribution in [2.24, 2.45) is 11.3 Å². The van der Waals surface area contributed by atoms with Crippen LogP contribution in [0.5, 0.6) is 0 Å². The quantitative estimate of drug-likeness (QED) is 0.469. The van der Waals surface area contributed by atoms with E-state index in [1.807, 2.05) is 36.5 Å². The normalized spacial score (nSPS) is 27.4. The Hall–Kier alpha value is -4.01. The molecule has 0 radical (unpaired) electrons. The van der Waals surface area contributed by atoms with Crippen molar-refractivity contribution in [1.29, 1.82) is 0 Å². The van der Waals surface area contributed by atoms with E-state index in [4.69, 9.17) is 5.10 Å². The molecule has 2 aromatic carbocycles. The Morgan fingerprint density at radius 3 is 2.62 bits per heavy atom. The summed E-state index contributed by atoms with van der Waals surface area (Å²) in [4.78, 5) is 54.8. The van der Waals surface area contributed by atoms with E-state index in [0.29, 0.717) is 24.3 Å². The summed E-state index contributed by atoms with van der Waals surface area (Å²) in [5.41, 5.74) is 3.47. The van der Waals surface area contributed by atoms with Crippen molar-refractivity contribution < 1.29 is 19.2 Å². The van der Waals surface area contributed by atoms with Crippen molar-refractivity contribution in [2.75, 3.05) is 18.0 Å². The average molecular weight is 566 g/mol. The van der Waals surface area contributed by atoms with Gasteiger partial charge in [0.2, 0.25) is 17.7 Å². The number of amides is 4. The van der Waals surface area contributed by atoms with Gasteiger partial charge in [-0.05, 0) is 73.1 Å². The molecule has 1 aromatic heterocycles. The number of nitrogens with zero attached hydrogens (tertiary/aromatic N) is 4. The molecule has 4 heterocycles. The molecule has 4 amide bonds. The first-order valence-corrected chi connectivity index (χ1v) is 15.4. The number of benzene rings is 2. The van der Waals surface area contributed by atoms with Gasteiger partial charge in [0.15, 0.2) is 0 Å². The van der Waals surface area contributed by atoms with Gasteiger partial charge in [-0.25, -0.2) is 0 Å². The number of rotatable bonds is 5. The molecule has 3 aliphatic carbocycles. The molecule has 5 fully saturated rings. The zero-order valence-electron chi connectivity index (χ0n) is 23.7. The third-order valence-corrected chi connectivity index (χ3v) is 10.6. The van der Waals surface area contributed by atoms with Crippen molar-refractivity contribution in [1.82, 2.24) is 20.0 Å². The summed E-state index contributed by atoms with van der Waals surface area (Å²) in [6.45, 7) is 1.61. The van der Waals surface area contributed by atoms with Crippen LogP contribution in [0.25, 0.3) is 10.8 Å². The van der Waals surface area contributed by atoms with Crippen LogP contribution in [-0.4, -0.2) is 57.4 Å². The Morgan fingerprint density at radius 2 is 1.86 bits per heavy atom. The molecule has 2 bridgehead atoms. The van der Waals surface area contributed by atoms with Gasteiger partial charge in [0.1, 0.15) is 6.04 Å². The summed E-state index contributed by atoms with van der Waals surface area (Å²) in [5.74, 6) is 0.277. The number of hydrogen-bond acceptors (Lipinski definition) is 5. The van der Waals surface area contributed by atoms with Gasteiger partial charge < -0.3 is 4.90 Å². The Kier molecular flexibility index (Phi) is 5.81. The van der Waals surface area contributed by atoms with Crippen LogP contribution in [0, 0.1) is 11.3 Å². The summed E-state index contributed by atoms with van der Waals surface area (Å²) >= 11 is 0. The SMILES string of the molecule is O=C1CCC(N2C(=O)c3cccc4c(Cc5cnn(C6CCN(C(=O)C78CCCC(C7)C8)CC6)c5)ccc2c34)C(=O)N1. The van der Waals surface area contributed by atoms with E-state index in [1.165, 1.54) is 12.8 Å². The van der Waals surface area contributed by atoms with Crippen LogP contribution in [0.4, 0.5) is 5.69 Å². The van der Waals surface area contributed by atoms with Gasteiger partial charge in [0.05, 0.1) is 17.9 Å². The standard InChI is InChI=1S/C33H35N5O4/c39-28-9-8-27(30(40)35-28)38-26-7-6-22(24-4-1-5-25(29(24)26)31(38)41)15-21-18-34-37(19-21)23-10-13-36(14-11-23)32(42)33-12-2-3-20(16-33)17-33/h1,4-7,18-20,23,27H,2-3,8-17H2,(H,35,39,40). The molecular weight excluding hydrogens is 530 g/mol. The predicted molar refractivity (Wildman–Crippen MR) is 156 cm³/mol. The van der Waals surface area contributed by atoms with Crippen molar-refractivity contribution in [3.8, 4) is 0 Å². The van der Waals surface area contributed by atoms with E-state index in [2.05, 4.69) is 21.1 Å². The van der Waals surface area contributed by atoms with Crippen LogP contribution in [0.3, 0.4) is 0 Å². The van der Waals surface area contributed by atoms with Crippen LogP contribution in [0.2, 0.25) is 0 Å². The Bertz CT molecular complexity index is 1640. The number of imide groups is 1. The van der Waals surface area contributed by atoms with Gasteiger partial charge in [-0.3, -0.25) is 34.1 Å². The summed E-state index contributed by atoms with van der Waals surface area (Å²) in [6.07, 6.45) is 12.9. The largest absolute Gasteiger partial charge is 0.342 e. The zero-order valence-corrected chi connectivity index (χ0v) is 23.7. The lowest BCUT2D eigenvalue weighted by atomic mass is 9.53. The number of carbonyl (C=O) groups excluding carboxylic acids is 4. The number of hydrogen-bond donors (Lipinski definition) is 1. The molecular formula is C33H35N5O4. The van der Waals surface area contributed by atoms with Crippen molar-refractivity contribution >= 4 is 40.1 Å². The van der Waals surface area contributed by atoms with E-state index in [0.717, 1.165) is 78.7 Å². The lowest BCUT2D eigenvalue weighted by Gasteiger charge is -2.53. The minimum atomic E-state index is -0.690. The number of nitrogens with one attached hydrogen (secondary N) is 1. The Morgan fingerprint density at radius 1 is 1.02 bits per heavy atom. The Balaban J connectivity index is 0.981. The topological polar surface area (TPSA) is 105 Å². The third-order valence-electron chi connectivity index (χ3n) is 10.6. The first-order chi connectivity index (χ1) is 20.4. The summed E-state index contributed by atoms with van der Waals surface area (Å²) in [6, 6.07) is 9.31. The van der Waals surface area contributed by atoms with Gasteiger partial charge in [0.25, 0.3) is 5.91 Å². The van der Waals surface area contributed by atoms with Crippen LogP contribution in [0.1, 0.15) is 85.3 Å². The van der Waals surface area contributed by atoms with Crippen molar-refractivity contribution in [2.45, 2.75) is 76.3 Å². The highest BCUT2D eigenvalue weighted by Crippen LogP contribution is 2.56. The van der Waals surface area contributed by atoms with Crippen LogP contribution in [0.15, 0.2) is 42.7 Å². The molecule has 9 heteroatoms. The molecule has 1 atom stereocenters. The number of carbonyl (C=O) groups is 4. The molecule has 3 aliphatic heterocycles. The number of aromatic nitrogens is 2. The Labute approximate surface area is 244 Å². The van der Waals surface area contributed by atoms with Gasteiger partial charge in [-0.15, -0.1) is 0 Å². The fraction of sp³-hybridized carbons (Fsp3) is 0.485. The monoisotopic (exact) mass is 565 g/mol. The van der Waals surface area contributed by atoms with E-state index < -0.39 is 11.9 Å². The summed E-state index contributed by atoms with van der Waals surface area (Å²) < 4.78 is 2.07. The van der Waals surface area contributed by atoms with Gasteiger partial charge >= 0.3 is 0 Å². The molecule has 0 spiro atoms. The fourth-order valence-electron chi connectivity index (χ4n) is 8.48. The lowest BCUT2D eigenvalue weighted by Crippen LogP contribution is -2.55.